The minimum Gasteiger partial charge on any atom is -0.480 e. The number of aliphatic carboxylic acids is 1. The van der Waals surface area contributed by atoms with Crippen molar-refractivity contribution in [1.29, 1.82) is 0 Å². The molecule has 3 N–H and O–H groups in total. The van der Waals surface area contributed by atoms with Gasteiger partial charge in [0, 0.05) is 12.6 Å². The van der Waals surface area contributed by atoms with Crippen molar-refractivity contribution in [2.75, 3.05) is 13.1 Å². The number of rotatable bonds is 6. The monoisotopic (exact) mass is 354 g/mol. The van der Waals surface area contributed by atoms with Crippen LogP contribution < -0.4 is 10.6 Å². The average Bonchev–Trinajstić information content (AvgIpc) is 2.92. The van der Waals surface area contributed by atoms with Crippen molar-refractivity contribution in [2.24, 2.45) is 11.8 Å². The van der Waals surface area contributed by atoms with E-state index in [4.69, 9.17) is 0 Å². The minimum absolute atomic E-state index is 0. The fourth-order valence-electron chi connectivity index (χ4n) is 4.07. The summed E-state index contributed by atoms with van der Waals surface area (Å²) < 4.78 is 0. The van der Waals surface area contributed by atoms with E-state index < -0.39 is 11.5 Å². The Labute approximate surface area is 147 Å². The van der Waals surface area contributed by atoms with Gasteiger partial charge in [-0.15, -0.1) is 24.8 Å². The van der Waals surface area contributed by atoms with Gasteiger partial charge in [0.1, 0.15) is 5.54 Å². The molecule has 1 saturated carbocycles. The molecule has 22 heavy (non-hydrogen) atoms. The fraction of sp³-hybridized carbons (Fsp3) is 0.938. The molecular weight excluding hydrogens is 323 g/mol. The Morgan fingerprint density at radius 1 is 1.23 bits per heavy atom. The molecule has 0 radical (unpaired) electrons. The highest BCUT2D eigenvalue weighted by molar-refractivity contribution is 5.85. The first-order valence-electron chi connectivity index (χ1n) is 8.26. The van der Waals surface area contributed by atoms with Crippen LogP contribution in [0.1, 0.15) is 58.8 Å². The van der Waals surface area contributed by atoms with E-state index in [9.17, 15) is 9.90 Å². The second-order valence-corrected chi connectivity index (χ2v) is 7.04. The number of nitrogens with one attached hydrogen (secondary N) is 2. The Morgan fingerprint density at radius 2 is 1.86 bits per heavy atom. The molecule has 0 aromatic rings. The van der Waals surface area contributed by atoms with Crippen molar-refractivity contribution in [3.8, 4) is 0 Å². The van der Waals surface area contributed by atoms with E-state index in [0.29, 0.717) is 17.9 Å². The Balaban J connectivity index is 0.00000220. The zero-order valence-electron chi connectivity index (χ0n) is 13.8. The lowest BCUT2D eigenvalue weighted by Crippen LogP contribution is -2.63. The molecule has 1 saturated heterocycles. The van der Waals surface area contributed by atoms with Crippen LogP contribution in [0.3, 0.4) is 0 Å². The lowest BCUT2D eigenvalue weighted by Gasteiger charge is -2.41. The van der Waals surface area contributed by atoms with Crippen LogP contribution in [0.25, 0.3) is 0 Å². The molecule has 132 valence electrons. The van der Waals surface area contributed by atoms with Crippen LogP contribution in [-0.2, 0) is 4.79 Å². The third-order valence-electron chi connectivity index (χ3n) is 4.92. The Kier molecular flexibility index (Phi) is 9.95. The maximum absolute atomic E-state index is 12.1. The smallest absolute Gasteiger partial charge is 0.324 e. The first kappa shape index (κ1) is 22.0. The van der Waals surface area contributed by atoms with E-state index in [2.05, 4.69) is 24.5 Å². The van der Waals surface area contributed by atoms with Gasteiger partial charge in [-0.1, -0.05) is 26.7 Å². The first-order valence-corrected chi connectivity index (χ1v) is 8.26. The van der Waals surface area contributed by atoms with Crippen LogP contribution >= 0.6 is 24.8 Å². The largest absolute Gasteiger partial charge is 0.480 e. The van der Waals surface area contributed by atoms with Crippen LogP contribution in [-0.4, -0.2) is 35.7 Å². The normalized spacial score (nSPS) is 25.1. The third-order valence-corrected chi connectivity index (χ3v) is 4.92. The molecule has 2 fully saturated rings. The first-order chi connectivity index (χ1) is 9.54. The zero-order valence-corrected chi connectivity index (χ0v) is 15.4. The number of hydrogen-bond donors (Lipinski definition) is 3. The summed E-state index contributed by atoms with van der Waals surface area (Å²) in [6.07, 6.45) is 7.46. The van der Waals surface area contributed by atoms with E-state index in [1.165, 1.54) is 12.8 Å². The predicted molar refractivity (Wildman–Crippen MR) is 95.3 cm³/mol. The summed E-state index contributed by atoms with van der Waals surface area (Å²) >= 11 is 0. The van der Waals surface area contributed by atoms with Gasteiger partial charge in [-0.05, 0) is 50.5 Å². The maximum atomic E-state index is 12.1. The van der Waals surface area contributed by atoms with Crippen LogP contribution in [0.5, 0.6) is 0 Å². The molecule has 2 rings (SSSR count). The van der Waals surface area contributed by atoms with Gasteiger partial charge in [0.05, 0.1) is 0 Å². The fourth-order valence-corrected chi connectivity index (χ4v) is 4.07. The SMILES string of the molecule is CC(C)C[C@](NC1CCCNC1)(C(=O)O)C1CCCC1.Cl.Cl. The number of carbonyl (C=O) groups is 1. The number of piperidine rings is 1. The van der Waals surface area contributed by atoms with Gasteiger partial charge >= 0.3 is 5.97 Å². The molecule has 0 aromatic carbocycles. The van der Waals surface area contributed by atoms with E-state index in [0.717, 1.165) is 45.2 Å². The molecule has 1 aliphatic heterocycles. The molecule has 1 aliphatic carbocycles. The lowest BCUT2D eigenvalue weighted by molar-refractivity contribution is -0.149. The van der Waals surface area contributed by atoms with E-state index >= 15 is 0 Å². The average molecular weight is 355 g/mol. The zero-order chi connectivity index (χ0) is 14.6. The topological polar surface area (TPSA) is 61.4 Å². The molecular formula is C16H32Cl2N2O2. The van der Waals surface area contributed by atoms with Crippen molar-refractivity contribution in [2.45, 2.75) is 70.4 Å². The lowest BCUT2D eigenvalue weighted by atomic mass is 9.75. The summed E-state index contributed by atoms with van der Waals surface area (Å²) in [4.78, 5) is 12.1. The van der Waals surface area contributed by atoms with Crippen molar-refractivity contribution in [3.05, 3.63) is 0 Å². The van der Waals surface area contributed by atoms with E-state index in [-0.39, 0.29) is 24.8 Å². The van der Waals surface area contributed by atoms with Crippen molar-refractivity contribution in [1.82, 2.24) is 10.6 Å². The van der Waals surface area contributed by atoms with Gasteiger partial charge < -0.3 is 10.4 Å². The van der Waals surface area contributed by atoms with Crippen molar-refractivity contribution in [3.63, 3.8) is 0 Å². The molecule has 1 heterocycles. The molecule has 0 bridgehead atoms. The Bertz CT molecular complexity index is 330. The summed E-state index contributed by atoms with van der Waals surface area (Å²) in [6.45, 7) is 6.23. The number of hydrogen-bond acceptors (Lipinski definition) is 3. The van der Waals surface area contributed by atoms with Gasteiger partial charge in [0.25, 0.3) is 0 Å². The third kappa shape index (κ3) is 5.26. The molecule has 2 aliphatic rings. The van der Waals surface area contributed by atoms with Gasteiger partial charge in [-0.2, -0.15) is 0 Å². The molecule has 1 unspecified atom stereocenters. The van der Waals surface area contributed by atoms with Gasteiger partial charge in [0.2, 0.25) is 0 Å². The van der Waals surface area contributed by atoms with Crippen LogP contribution in [0.15, 0.2) is 0 Å². The second-order valence-electron chi connectivity index (χ2n) is 7.04. The molecule has 2 atom stereocenters. The van der Waals surface area contributed by atoms with E-state index in [1.54, 1.807) is 0 Å². The molecule has 4 nitrogen and oxygen atoms in total. The van der Waals surface area contributed by atoms with Gasteiger partial charge in [-0.3, -0.25) is 10.1 Å². The van der Waals surface area contributed by atoms with Crippen molar-refractivity contribution < 1.29 is 9.90 Å². The predicted octanol–water partition coefficient (Wildman–Crippen LogP) is 3.23. The summed E-state index contributed by atoms with van der Waals surface area (Å²) in [6, 6.07) is 0.305. The molecule has 0 spiro atoms. The summed E-state index contributed by atoms with van der Waals surface area (Å²) in [5.41, 5.74) is -0.714. The second kappa shape index (κ2) is 9.96. The summed E-state index contributed by atoms with van der Waals surface area (Å²) in [7, 11) is 0. The highest BCUT2D eigenvalue weighted by Gasteiger charge is 2.47. The quantitative estimate of drug-likeness (QED) is 0.685. The standard InChI is InChI=1S/C16H30N2O2.2ClH/c1-12(2)10-16(15(19)20,13-6-3-4-7-13)18-14-8-5-9-17-11-14;;/h12-14,17-18H,3-11H2,1-2H3,(H,19,20);2*1H/t14?,16-;;/m1../s1. The van der Waals surface area contributed by atoms with Gasteiger partial charge in [-0.25, -0.2) is 0 Å². The molecule has 0 aromatic heterocycles. The van der Waals surface area contributed by atoms with Gasteiger partial charge in [0.15, 0.2) is 0 Å². The number of halogens is 2. The highest BCUT2D eigenvalue weighted by Crippen LogP contribution is 2.38. The number of carboxylic acids is 1. The van der Waals surface area contributed by atoms with Crippen molar-refractivity contribution >= 4 is 30.8 Å². The highest BCUT2D eigenvalue weighted by atomic mass is 35.5. The molecule has 0 amide bonds. The minimum atomic E-state index is -0.714. The Hall–Kier alpha value is -0.0300. The summed E-state index contributed by atoms with van der Waals surface area (Å²) in [5.74, 6) is 0.0590. The van der Waals surface area contributed by atoms with Crippen LogP contribution in [0.2, 0.25) is 0 Å². The molecule has 6 heteroatoms. The summed E-state index contributed by atoms with van der Waals surface area (Å²) in [5, 5.41) is 16.9. The van der Waals surface area contributed by atoms with Crippen LogP contribution in [0, 0.1) is 11.8 Å². The van der Waals surface area contributed by atoms with E-state index in [1.807, 2.05) is 0 Å². The Morgan fingerprint density at radius 3 is 2.32 bits per heavy atom. The number of carboxylic acid groups (broad SMARTS) is 1. The maximum Gasteiger partial charge on any atom is 0.324 e. The van der Waals surface area contributed by atoms with Crippen LogP contribution in [0.4, 0.5) is 0 Å².